The van der Waals surface area contributed by atoms with Crippen molar-refractivity contribution in [3.05, 3.63) is 66.1 Å². The first-order valence-corrected chi connectivity index (χ1v) is 20.0. The van der Waals surface area contributed by atoms with Crippen LogP contribution in [-0.4, -0.2) is 86.5 Å². The van der Waals surface area contributed by atoms with Crippen LogP contribution < -0.4 is 14.9 Å². The number of sulfonamides is 1. The molecule has 2 atom stereocenters. The molecule has 2 aromatic carbocycles. The molecule has 1 aliphatic carbocycles. The van der Waals surface area contributed by atoms with E-state index in [1.54, 1.807) is 12.3 Å². The number of nitrogens with zero attached hydrogens (tertiary/aromatic N) is 5. The molecule has 4 aromatic rings. The van der Waals surface area contributed by atoms with E-state index in [0.29, 0.717) is 34.5 Å². The number of aromatic nitrogens is 3. The van der Waals surface area contributed by atoms with Crippen molar-refractivity contribution >= 4 is 48.0 Å². The Morgan fingerprint density at radius 2 is 1.63 bits per heavy atom. The van der Waals surface area contributed by atoms with Crippen LogP contribution >= 0.6 is 11.3 Å². The zero-order valence-corrected chi connectivity index (χ0v) is 28.7. The molecule has 2 N–H and O–H groups in total. The SMILES string of the molecule is CN1CC2CCC(C1)N2c1nc(-c2cccc(NS(=O)(=O)c3c(F)cccc3F)c2F)c(-c2ccnc(NC3CC4(C3)CS(=O)(=O)C4)n2)s1. The van der Waals surface area contributed by atoms with Gasteiger partial charge < -0.3 is 15.1 Å². The molecule has 17 heteroatoms. The molecule has 2 bridgehead atoms. The van der Waals surface area contributed by atoms with Gasteiger partial charge in [-0.25, -0.2) is 45.0 Å². The van der Waals surface area contributed by atoms with Gasteiger partial charge in [-0.1, -0.05) is 23.5 Å². The van der Waals surface area contributed by atoms with Crippen molar-refractivity contribution in [1.82, 2.24) is 19.9 Å². The highest BCUT2D eigenvalue weighted by Gasteiger charge is 2.56. The van der Waals surface area contributed by atoms with Gasteiger partial charge in [-0.3, -0.25) is 4.72 Å². The predicted molar refractivity (Wildman–Crippen MR) is 180 cm³/mol. The molecular formula is C32H32F3N7O4S3. The highest BCUT2D eigenvalue weighted by molar-refractivity contribution is 7.93. The maximum atomic E-state index is 16.4. The Kier molecular flexibility index (Phi) is 7.70. The van der Waals surface area contributed by atoms with Gasteiger partial charge in [0.2, 0.25) is 5.95 Å². The third-order valence-electron chi connectivity index (χ3n) is 9.82. The van der Waals surface area contributed by atoms with Crippen molar-refractivity contribution in [1.29, 1.82) is 0 Å². The van der Waals surface area contributed by atoms with Gasteiger partial charge in [0.05, 0.1) is 33.5 Å². The van der Waals surface area contributed by atoms with Gasteiger partial charge in [0, 0.05) is 48.4 Å². The number of piperazine rings is 1. The Hall–Kier alpha value is -3.80. The van der Waals surface area contributed by atoms with E-state index in [1.165, 1.54) is 29.5 Å². The Bertz CT molecular complexity index is 2150. The Morgan fingerprint density at radius 3 is 2.31 bits per heavy atom. The second kappa shape index (κ2) is 11.6. The molecule has 3 aliphatic heterocycles. The molecule has 2 aromatic heterocycles. The minimum Gasteiger partial charge on any atom is -0.351 e. The number of benzene rings is 2. The van der Waals surface area contributed by atoms with E-state index in [-0.39, 0.29) is 46.3 Å². The molecule has 2 unspecified atom stereocenters. The number of hydrogen-bond acceptors (Lipinski definition) is 11. The van der Waals surface area contributed by atoms with Crippen LogP contribution in [0.4, 0.5) is 29.9 Å². The molecule has 4 aliphatic rings. The van der Waals surface area contributed by atoms with Gasteiger partial charge in [0.15, 0.2) is 25.7 Å². The number of nitrogens with one attached hydrogen (secondary N) is 2. The summed E-state index contributed by atoms with van der Waals surface area (Å²) in [5.74, 6) is -2.83. The van der Waals surface area contributed by atoms with Crippen molar-refractivity contribution in [2.24, 2.45) is 5.41 Å². The molecule has 0 amide bonds. The number of hydrogen-bond donors (Lipinski definition) is 2. The van der Waals surface area contributed by atoms with Crippen molar-refractivity contribution in [2.45, 2.75) is 48.7 Å². The summed E-state index contributed by atoms with van der Waals surface area (Å²) in [6, 6.07) is 8.90. The number of anilines is 3. The zero-order valence-electron chi connectivity index (χ0n) is 26.2. The summed E-state index contributed by atoms with van der Waals surface area (Å²) in [6.07, 6.45) is 4.96. The predicted octanol–water partition coefficient (Wildman–Crippen LogP) is 4.76. The van der Waals surface area contributed by atoms with Crippen LogP contribution in [0.25, 0.3) is 21.8 Å². The molecular weight excluding hydrogens is 700 g/mol. The lowest BCUT2D eigenvalue weighted by Crippen LogP contribution is -2.60. The largest absolute Gasteiger partial charge is 0.351 e. The molecule has 1 saturated carbocycles. The lowest BCUT2D eigenvalue weighted by atomic mass is 9.67. The summed E-state index contributed by atoms with van der Waals surface area (Å²) < 4.78 is 96.9. The maximum absolute atomic E-state index is 16.4. The molecule has 5 heterocycles. The van der Waals surface area contributed by atoms with Gasteiger partial charge in [0.1, 0.15) is 11.6 Å². The zero-order chi connectivity index (χ0) is 34.3. The number of fused-ring (bicyclic) bond motifs is 2. The average molecular weight is 732 g/mol. The molecule has 1 spiro atoms. The summed E-state index contributed by atoms with van der Waals surface area (Å²) in [5, 5.41) is 3.99. The lowest BCUT2D eigenvalue weighted by molar-refractivity contribution is 0.153. The first-order valence-electron chi connectivity index (χ1n) is 15.8. The summed E-state index contributed by atoms with van der Waals surface area (Å²) in [7, 11) is -5.70. The van der Waals surface area contributed by atoms with Gasteiger partial charge >= 0.3 is 0 Å². The second-order valence-electron chi connectivity index (χ2n) is 13.6. The summed E-state index contributed by atoms with van der Waals surface area (Å²) in [4.78, 5) is 18.0. The fourth-order valence-corrected chi connectivity index (χ4v) is 12.5. The topological polar surface area (TPSA) is 137 Å². The Labute approximate surface area is 285 Å². The highest BCUT2D eigenvalue weighted by Crippen LogP contribution is 2.51. The van der Waals surface area contributed by atoms with Crippen LogP contribution in [0.15, 0.2) is 53.6 Å². The number of likely N-dealkylation sites (N-methyl/N-ethyl adjacent to an activating group) is 1. The first-order chi connectivity index (χ1) is 23.3. The molecule has 8 rings (SSSR count). The van der Waals surface area contributed by atoms with Gasteiger partial charge in [0.25, 0.3) is 10.0 Å². The minimum absolute atomic E-state index is 0.0182. The lowest BCUT2D eigenvalue weighted by Gasteiger charge is -2.53. The van der Waals surface area contributed by atoms with Crippen molar-refractivity contribution in [2.75, 3.05) is 46.6 Å². The van der Waals surface area contributed by atoms with Crippen molar-refractivity contribution in [3.8, 4) is 21.8 Å². The van der Waals surface area contributed by atoms with E-state index in [4.69, 9.17) is 9.97 Å². The Balaban J connectivity index is 1.15. The summed E-state index contributed by atoms with van der Waals surface area (Å²) in [6.45, 7) is 1.70. The highest BCUT2D eigenvalue weighted by atomic mass is 32.2. The van der Waals surface area contributed by atoms with Gasteiger partial charge in [-0.2, -0.15) is 0 Å². The molecule has 258 valence electrons. The molecule has 4 fully saturated rings. The summed E-state index contributed by atoms with van der Waals surface area (Å²) in [5.41, 5.74) is 0.0195. The molecule has 0 radical (unpaired) electrons. The fourth-order valence-electron chi connectivity index (χ4n) is 7.88. The number of likely N-dealkylation sites (tertiary alicyclic amines) is 1. The van der Waals surface area contributed by atoms with E-state index in [9.17, 15) is 25.6 Å². The van der Waals surface area contributed by atoms with Gasteiger partial charge in [-0.05, 0) is 63.1 Å². The van der Waals surface area contributed by atoms with Crippen LogP contribution in [0.5, 0.6) is 0 Å². The third kappa shape index (κ3) is 5.83. The monoisotopic (exact) mass is 731 g/mol. The smallest absolute Gasteiger partial charge is 0.267 e. The van der Waals surface area contributed by atoms with Crippen molar-refractivity contribution < 1.29 is 30.0 Å². The number of rotatable bonds is 8. The van der Waals surface area contributed by atoms with E-state index < -0.39 is 47.9 Å². The number of sulfone groups is 1. The number of thiazole rings is 1. The van der Waals surface area contributed by atoms with Crippen LogP contribution in [0.1, 0.15) is 25.7 Å². The third-order valence-corrected chi connectivity index (χ3v) is 14.4. The van der Waals surface area contributed by atoms with E-state index in [0.717, 1.165) is 44.1 Å². The van der Waals surface area contributed by atoms with Crippen LogP contribution in [-0.2, 0) is 19.9 Å². The molecule has 11 nitrogen and oxygen atoms in total. The van der Waals surface area contributed by atoms with E-state index in [2.05, 4.69) is 27.1 Å². The second-order valence-corrected chi connectivity index (χ2v) is 18.2. The fraction of sp³-hybridized carbons (Fsp3) is 0.406. The van der Waals surface area contributed by atoms with Crippen LogP contribution in [0.3, 0.4) is 0 Å². The quantitative estimate of drug-likeness (QED) is 0.261. The summed E-state index contributed by atoms with van der Waals surface area (Å²) >= 11 is 1.36. The first kappa shape index (κ1) is 32.4. The number of halogens is 3. The van der Waals surface area contributed by atoms with Crippen molar-refractivity contribution in [3.63, 3.8) is 0 Å². The molecule has 49 heavy (non-hydrogen) atoms. The Morgan fingerprint density at radius 1 is 0.959 bits per heavy atom. The average Bonchev–Trinajstić information content (AvgIpc) is 3.54. The molecule has 3 saturated heterocycles. The van der Waals surface area contributed by atoms with Crippen LogP contribution in [0.2, 0.25) is 0 Å². The van der Waals surface area contributed by atoms with Gasteiger partial charge in [-0.15, -0.1) is 0 Å². The standard InChI is InChI=1S/C32H32F3N7O4S3/c1-41-14-19-8-9-20(15-41)42(19)31-39-27(21-4-2-7-24(26(21)35)40-49(45,46)29-22(33)5-3-6-23(29)34)28(47-31)25-10-11-36-30(38-25)37-18-12-32(13-18)16-48(43,44)17-32/h2-7,10-11,18-20,40H,8-9,12-17H2,1H3,(H,36,37,38). The normalized spacial score (nSPS) is 22.9. The van der Waals surface area contributed by atoms with E-state index >= 15 is 4.39 Å². The van der Waals surface area contributed by atoms with E-state index in [1.807, 2.05) is 4.72 Å². The maximum Gasteiger partial charge on any atom is 0.267 e. The minimum atomic E-state index is -4.84. The van der Waals surface area contributed by atoms with Crippen LogP contribution in [0, 0.1) is 22.9 Å².